The van der Waals surface area contributed by atoms with Crippen LogP contribution in [0.25, 0.3) is 12.2 Å². The van der Waals surface area contributed by atoms with Gasteiger partial charge in [0.25, 0.3) is 0 Å². The Bertz CT molecular complexity index is 1070. The van der Waals surface area contributed by atoms with Crippen molar-refractivity contribution in [3.05, 3.63) is 80.6 Å². The maximum atomic E-state index is 7.70. The average Bonchev–Trinajstić information content (AvgIpc) is 3.37. The van der Waals surface area contributed by atoms with E-state index < -0.39 is 13.8 Å². The van der Waals surface area contributed by atoms with Gasteiger partial charge in [0.05, 0.1) is 0 Å². The molecule has 0 amide bonds. The van der Waals surface area contributed by atoms with Crippen LogP contribution in [0.15, 0.2) is 58.3 Å². The Morgan fingerprint density at radius 1 is 0.710 bits per heavy atom. The van der Waals surface area contributed by atoms with Crippen molar-refractivity contribution in [3.63, 3.8) is 0 Å². The van der Waals surface area contributed by atoms with Crippen molar-refractivity contribution in [3.8, 4) is 0 Å². The van der Waals surface area contributed by atoms with E-state index in [1.807, 2.05) is 0 Å². The molecule has 0 saturated carbocycles. The van der Waals surface area contributed by atoms with Crippen LogP contribution in [0.2, 0.25) is 0 Å². The number of unbranched alkanes of at least 4 members (excludes halogenated alkanes) is 2. The van der Waals surface area contributed by atoms with E-state index in [9.17, 15) is 0 Å². The molecule has 31 heavy (non-hydrogen) atoms. The van der Waals surface area contributed by atoms with Gasteiger partial charge in [0.1, 0.15) is 0 Å². The van der Waals surface area contributed by atoms with E-state index in [1.54, 1.807) is 9.81 Å². The third kappa shape index (κ3) is 5.43. The fraction of sp³-hybridized carbons (Fsp3) is 0.385. The van der Waals surface area contributed by atoms with Gasteiger partial charge in [-0.15, -0.1) is 0 Å². The van der Waals surface area contributed by atoms with Gasteiger partial charge < -0.3 is 0 Å². The van der Waals surface area contributed by atoms with Crippen molar-refractivity contribution in [2.24, 2.45) is 0 Å². The zero-order valence-corrected chi connectivity index (χ0v) is 24.1. The molecule has 166 valence electrons. The van der Waals surface area contributed by atoms with E-state index in [4.69, 9.17) is 17.0 Å². The summed E-state index contributed by atoms with van der Waals surface area (Å²) >= 11 is -3.52. The van der Waals surface area contributed by atoms with Crippen molar-refractivity contribution >= 4 is 43.4 Å². The van der Waals surface area contributed by atoms with E-state index in [-0.39, 0.29) is 14.2 Å². The Labute approximate surface area is 200 Å². The van der Waals surface area contributed by atoms with E-state index in [0.29, 0.717) is 0 Å². The summed E-state index contributed by atoms with van der Waals surface area (Å²) < 4.78 is 0. The maximum absolute atomic E-state index is 7.70. The van der Waals surface area contributed by atoms with Gasteiger partial charge in [-0.1, -0.05) is 0 Å². The quantitative estimate of drug-likeness (QED) is 0.296. The summed E-state index contributed by atoms with van der Waals surface area (Å²) in [4.78, 5) is 3.08. The second-order valence-electron chi connectivity index (χ2n) is 8.33. The minimum atomic E-state index is -3.52. The molecule has 2 aliphatic carbocycles. The molecule has 2 atom stereocenters. The summed E-state index contributed by atoms with van der Waals surface area (Å²) in [5.74, 6) is 2.35. The normalized spacial score (nSPS) is 16.5. The molecule has 2 aromatic rings. The molecule has 0 N–H and O–H groups in total. The molecule has 0 heterocycles. The molecule has 2 aromatic carbocycles. The fourth-order valence-electron chi connectivity index (χ4n) is 4.32. The van der Waals surface area contributed by atoms with Gasteiger partial charge in [0.15, 0.2) is 0 Å². The van der Waals surface area contributed by atoms with E-state index in [1.165, 1.54) is 59.4 Å². The SMILES string of the molecule is CCCC[S](C1=Cc2ccccc2C1)=[Zr]([Cl])([Cl])=[S](CCCC)C1=Cc2ccccc2C1. The van der Waals surface area contributed by atoms with Gasteiger partial charge in [-0.05, 0) is 0 Å². The van der Waals surface area contributed by atoms with Crippen LogP contribution < -0.4 is 0 Å². The van der Waals surface area contributed by atoms with E-state index in [2.05, 4.69) is 74.5 Å². The molecule has 0 spiro atoms. The first-order valence-electron chi connectivity index (χ1n) is 11.4. The van der Waals surface area contributed by atoms with Crippen LogP contribution in [0.1, 0.15) is 61.8 Å². The fourth-order valence-corrected chi connectivity index (χ4v) is 46.0. The molecule has 5 heteroatoms. The number of fused-ring (bicyclic) bond motifs is 2. The summed E-state index contributed by atoms with van der Waals surface area (Å²) in [6, 6.07) is 17.6. The second kappa shape index (κ2) is 11.0. The zero-order valence-electron chi connectivity index (χ0n) is 18.5. The first kappa shape index (κ1) is 24.2. The van der Waals surface area contributed by atoms with Gasteiger partial charge in [-0.2, -0.15) is 0 Å². The number of benzene rings is 2. The summed E-state index contributed by atoms with van der Waals surface area (Å²) in [5, 5.41) is 0. The molecule has 0 saturated heterocycles. The zero-order chi connectivity index (χ0) is 21.8. The van der Waals surface area contributed by atoms with Crippen molar-refractivity contribution < 1.29 is 13.8 Å². The molecular weight excluding hydrogens is 539 g/mol. The van der Waals surface area contributed by atoms with E-state index >= 15 is 0 Å². The number of halogens is 2. The van der Waals surface area contributed by atoms with Gasteiger partial charge in [-0.25, -0.2) is 0 Å². The van der Waals surface area contributed by atoms with Crippen molar-refractivity contribution in [2.75, 3.05) is 11.5 Å². The number of allylic oxidation sites excluding steroid dienone is 2. The van der Waals surface area contributed by atoms with Crippen LogP contribution in [0, 0.1) is 0 Å². The Morgan fingerprint density at radius 3 is 1.52 bits per heavy atom. The number of hydrogen-bond donors (Lipinski definition) is 0. The van der Waals surface area contributed by atoms with Crippen molar-refractivity contribution in [2.45, 2.75) is 52.4 Å². The topological polar surface area (TPSA) is 0 Å². The van der Waals surface area contributed by atoms with Crippen molar-refractivity contribution in [1.82, 2.24) is 0 Å². The molecule has 0 bridgehead atoms. The van der Waals surface area contributed by atoms with Crippen LogP contribution in [-0.4, -0.2) is 11.5 Å². The summed E-state index contributed by atoms with van der Waals surface area (Å²) in [6.07, 6.45) is 11.8. The van der Waals surface area contributed by atoms with Crippen LogP contribution in [-0.2, 0) is 26.6 Å². The second-order valence-corrected chi connectivity index (χ2v) is 43.2. The Balaban J connectivity index is 1.88. The molecule has 4 rings (SSSR count). The van der Waals surface area contributed by atoms with Crippen LogP contribution in [0.3, 0.4) is 0 Å². The first-order chi connectivity index (χ1) is 15.0. The van der Waals surface area contributed by atoms with E-state index in [0.717, 1.165) is 12.8 Å². The molecule has 2 unspecified atom stereocenters. The van der Waals surface area contributed by atoms with Crippen LogP contribution >= 0.6 is 31.3 Å². The third-order valence-corrected chi connectivity index (χ3v) is 46.1. The van der Waals surface area contributed by atoms with Gasteiger partial charge in [0, 0.05) is 0 Å². The molecule has 0 aliphatic heterocycles. The monoisotopic (exact) mass is 568 g/mol. The Hall–Kier alpha value is 0.0831. The summed E-state index contributed by atoms with van der Waals surface area (Å²) in [5.41, 5.74) is 5.65. The van der Waals surface area contributed by atoms with Crippen molar-refractivity contribution in [1.29, 1.82) is 0 Å². The van der Waals surface area contributed by atoms with Crippen LogP contribution in [0.5, 0.6) is 0 Å². The predicted molar refractivity (Wildman–Crippen MR) is 143 cm³/mol. The van der Waals surface area contributed by atoms with Gasteiger partial charge in [0.2, 0.25) is 0 Å². The Kier molecular flexibility index (Phi) is 8.60. The molecule has 0 fully saturated rings. The molecule has 2 aliphatic rings. The van der Waals surface area contributed by atoms with Crippen LogP contribution in [0.4, 0.5) is 0 Å². The molecule has 0 nitrogen and oxygen atoms in total. The average molecular weight is 571 g/mol. The molecule has 0 aromatic heterocycles. The molecular formula is C26H32Cl2S2Zr. The summed E-state index contributed by atoms with van der Waals surface area (Å²) in [7, 11) is 15.5. The van der Waals surface area contributed by atoms with Gasteiger partial charge >= 0.3 is 202 Å². The van der Waals surface area contributed by atoms with Gasteiger partial charge in [-0.3, -0.25) is 0 Å². The minimum absolute atomic E-state index is 0.0423. The number of hydrogen-bond acceptors (Lipinski definition) is 0. The molecule has 0 radical (unpaired) electrons. The first-order valence-corrected chi connectivity index (χ1v) is 26.5. The summed E-state index contributed by atoms with van der Waals surface area (Å²) in [6.45, 7) is 4.57. The predicted octanol–water partition coefficient (Wildman–Crippen LogP) is 9.61. The standard InChI is InChI=1S/2C13H16S.2ClH.Zr/c2*1-2-3-8-14-13-9-11-6-4-5-7-12(11)10-13;;;/h2*4-7,9H,2-3,8,10H2,1H3;2*1H;/q;;;;+2/p-2. The third-order valence-electron chi connectivity index (χ3n) is 6.08. The Morgan fingerprint density at radius 2 is 1.13 bits per heavy atom. The number of rotatable bonds is 8.